The maximum Gasteiger partial charge on any atom is 0.244 e. The lowest BCUT2D eigenvalue weighted by molar-refractivity contribution is -0.129. The van der Waals surface area contributed by atoms with Gasteiger partial charge in [0.1, 0.15) is 11.9 Å². The molecule has 7 heteroatoms. The second kappa shape index (κ2) is 6.84. The number of carbonyl (C=O) groups excluding carboxylic acids is 1. The van der Waals surface area contributed by atoms with Crippen LogP contribution in [-0.4, -0.2) is 66.8 Å². The van der Waals surface area contributed by atoms with Gasteiger partial charge >= 0.3 is 0 Å². The first-order valence-corrected chi connectivity index (χ1v) is 8.64. The Bertz CT molecular complexity index is 607. The number of likely N-dealkylation sites (N-methyl/N-ethyl adjacent to an activating group) is 1. The molecular formula is C17H27N5O2. The average Bonchev–Trinajstić information content (AvgIpc) is 3.23. The predicted molar refractivity (Wildman–Crippen MR) is 95.2 cm³/mol. The molecule has 0 aromatic carbocycles. The first-order chi connectivity index (χ1) is 11.5. The van der Waals surface area contributed by atoms with Crippen LogP contribution in [0.4, 0.5) is 17.3 Å². The number of aliphatic hydroxyl groups excluding tert-OH is 1. The molecule has 7 nitrogen and oxygen atoms in total. The molecule has 1 aromatic rings. The Labute approximate surface area is 143 Å². The van der Waals surface area contributed by atoms with E-state index in [1.807, 2.05) is 12.1 Å². The lowest BCUT2D eigenvalue weighted by Crippen LogP contribution is -2.43. The number of aromatic nitrogens is 1. The van der Waals surface area contributed by atoms with Crippen molar-refractivity contribution >= 4 is 23.2 Å². The number of carbonyl (C=O) groups is 1. The van der Waals surface area contributed by atoms with Crippen LogP contribution in [0.15, 0.2) is 12.1 Å². The molecule has 132 valence electrons. The van der Waals surface area contributed by atoms with Crippen molar-refractivity contribution in [3.63, 3.8) is 0 Å². The van der Waals surface area contributed by atoms with E-state index >= 15 is 0 Å². The van der Waals surface area contributed by atoms with E-state index in [9.17, 15) is 9.90 Å². The fourth-order valence-corrected chi connectivity index (χ4v) is 3.74. The normalized spacial score (nSPS) is 23.8. The minimum absolute atomic E-state index is 0.0767. The first kappa shape index (κ1) is 16.8. The average molecular weight is 333 g/mol. The summed E-state index contributed by atoms with van der Waals surface area (Å²) < 4.78 is 0. The number of aliphatic hydroxyl groups is 1. The third-order valence-corrected chi connectivity index (χ3v) is 5.02. The molecule has 24 heavy (non-hydrogen) atoms. The second-order valence-electron chi connectivity index (χ2n) is 6.84. The Morgan fingerprint density at radius 2 is 2.00 bits per heavy atom. The molecule has 3 rings (SSSR count). The summed E-state index contributed by atoms with van der Waals surface area (Å²) in [6.45, 7) is 1.78. The highest BCUT2D eigenvalue weighted by Crippen LogP contribution is 2.33. The third-order valence-electron chi connectivity index (χ3n) is 5.02. The van der Waals surface area contributed by atoms with E-state index in [0.29, 0.717) is 5.69 Å². The van der Waals surface area contributed by atoms with Gasteiger partial charge in [0.2, 0.25) is 5.91 Å². The molecule has 2 unspecified atom stereocenters. The summed E-state index contributed by atoms with van der Waals surface area (Å²) in [6.07, 6.45) is 3.81. The number of nitrogens with zero attached hydrogens (tertiary/aromatic N) is 4. The van der Waals surface area contributed by atoms with Crippen molar-refractivity contribution in [1.82, 2.24) is 9.88 Å². The van der Waals surface area contributed by atoms with Gasteiger partial charge in [-0.1, -0.05) is 0 Å². The van der Waals surface area contributed by atoms with Crippen molar-refractivity contribution in [2.45, 2.75) is 37.8 Å². The Morgan fingerprint density at radius 3 is 2.71 bits per heavy atom. The molecule has 2 saturated heterocycles. The lowest BCUT2D eigenvalue weighted by Gasteiger charge is -2.30. The van der Waals surface area contributed by atoms with Crippen molar-refractivity contribution in [2.75, 3.05) is 49.3 Å². The maximum atomic E-state index is 12.4. The number of rotatable bonds is 4. The summed E-state index contributed by atoms with van der Waals surface area (Å²) in [5, 5.41) is 9.57. The number of anilines is 3. The lowest BCUT2D eigenvalue weighted by atomic mass is 10.2. The molecule has 1 amide bonds. The topological polar surface area (TPSA) is 85.9 Å². The van der Waals surface area contributed by atoms with Crippen molar-refractivity contribution in [3.8, 4) is 0 Å². The Morgan fingerprint density at radius 1 is 1.29 bits per heavy atom. The van der Waals surface area contributed by atoms with Gasteiger partial charge in [-0.2, -0.15) is 0 Å². The number of hydrogen-bond donors (Lipinski definition) is 2. The zero-order valence-electron chi connectivity index (χ0n) is 14.5. The molecule has 2 fully saturated rings. The monoisotopic (exact) mass is 333 g/mol. The highest BCUT2D eigenvalue weighted by Gasteiger charge is 2.34. The summed E-state index contributed by atoms with van der Waals surface area (Å²) in [5.74, 6) is 1.63. The van der Waals surface area contributed by atoms with Crippen LogP contribution in [0.5, 0.6) is 0 Å². The highest BCUT2D eigenvalue weighted by molar-refractivity contribution is 5.85. The molecule has 2 atom stereocenters. The second-order valence-corrected chi connectivity index (χ2v) is 6.84. The minimum Gasteiger partial charge on any atom is -0.396 e. The molecule has 0 aliphatic carbocycles. The standard InChI is InChI=1S/C17H27N5O2/c1-20(2)17(24)14-6-4-10-22(14)15-8-7-13(18)16(19-15)21-9-3-5-12(21)11-23/h7-8,12,14,23H,3-6,9-11,18H2,1-2H3. The zero-order valence-corrected chi connectivity index (χ0v) is 14.5. The summed E-state index contributed by atoms with van der Waals surface area (Å²) in [5.41, 5.74) is 6.77. The van der Waals surface area contributed by atoms with Gasteiger partial charge in [-0.15, -0.1) is 0 Å². The summed E-state index contributed by atoms with van der Waals surface area (Å²) >= 11 is 0. The van der Waals surface area contributed by atoms with Crippen LogP contribution in [0, 0.1) is 0 Å². The number of pyridine rings is 1. The van der Waals surface area contributed by atoms with E-state index in [2.05, 4.69) is 9.80 Å². The van der Waals surface area contributed by atoms with Crippen LogP contribution in [0.2, 0.25) is 0 Å². The van der Waals surface area contributed by atoms with Crippen LogP contribution in [0.3, 0.4) is 0 Å². The molecular weight excluding hydrogens is 306 g/mol. The van der Waals surface area contributed by atoms with Crippen LogP contribution < -0.4 is 15.5 Å². The maximum absolute atomic E-state index is 12.4. The van der Waals surface area contributed by atoms with E-state index in [4.69, 9.17) is 10.7 Å². The first-order valence-electron chi connectivity index (χ1n) is 8.64. The van der Waals surface area contributed by atoms with Gasteiger partial charge < -0.3 is 25.5 Å². The molecule has 3 N–H and O–H groups in total. The number of hydrogen-bond acceptors (Lipinski definition) is 6. The molecule has 0 bridgehead atoms. The minimum atomic E-state index is -0.156. The van der Waals surface area contributed by atoms with Crippen molar-refractivity contribution in [3.05, 3.63) is 12.1 Å². The SMILES string of the molecule is CN(C)C(=O)C1CCCN1c1ccc(N)c(N2CCCC2CO)n1. The van der Waals surface area contributed by atoms with Crippen LogP contribution in [0.25, 0.3) is 0 Å². The van der Waals surface area contributed by atoms with E-state index in [0.717, 1.165) is 50.4 Å². The Kier molecular flexibility index (Phi) is 4.80. The van der Waals surface area contributed by atoms with Gasteiger partial charge in [0.05, 0.1) is 18.3 Å². The van der Waals surface area contributed by atoms with Gasteiger partial charge in [0, 0.05) is 27.2 Å². The van der Waals surface area contributed by atoms with Crippen LogP contribution >= 0.6 is 0 Å². The number of amides is 1. The smallest absolute Gasteiger partial charge is 0.244 e. The quantitative estimate of drug-likeness (QED) is 0.843. The van der Waals surface area contributed by atoms with Gasteiger partial charge in [0.25, 0.3) is 0 Å². The van der Waals surface area contributed by atoms with Crippen LogP contribution in [-0.2, 0) is 4.79 Å². The van der Waals surface area contributed by atoms with Crippen molar-refractivity contribution in [1.29, 1.82) is 0 Å². The molecule has 0 radical (unpaired) electrons. The van der Waals surface area contributed by atoms with E-state index in [1.54, 1.807) is 19.0 Å². The van der Waals surface area contributed by atoms with Gasteiger partial charge in [-0.3, -0.25) is 4.79 Å². The van der Waals surface area contributed by atoms with Crippen molar-refractivity contribution in [2.24, 2.45) is 0 Å². The number of nitrogen functional groups attached to an aromatic ring is 1. The molecule has 3 heterocycles. The summed E-state index contributed by atoms with van der Waals surface area (Å²) in [4.78, 5) is 23.0. The van der Waals surface area contributed by atoms with Gasteiger partial charge in [-0.05, 0) is 37.8 Å². The fourth-order valence-electron chi connectivity index (χ4n) is 3.74. The summed E-state index contributed by atoms with van der Waals surface area (Å²) in [7, 11) is 3.58. The van der Waals surface area contributed by atoms with Gasteiger partial charge in [0.15, 0.2) is 5.82 Å². The van der Waals surface area contributed by atoms with Crippen molar-refractivity contribution < 1.29 is 9.90 Å². The number of nitrogens with two attached hydrogens (primary N) is 1. The van der Waals surface area contributed by atoms with Crippen LogP contribution in [0.1, 0.15) is 25.7 Å². The predicted octanol–water partition coefficient (Wildman–Crippen LogP) is 0.682. The van der Waals surface area contributed by atoms with Gasteiger partial charge in [-0.25, -0.2) is 4.98 Å². The molecule has 0 saturated carbocycles. The molecule has 2 aliphatic rings. The molecule has 2 aliphatic heterocycles. The Hall–Kier alpha value is -2.02. The largest absolute Gasteiger partial charge is 0.396 e. The van der Waals surface area contributed by atoms with E-state index < -0.39 is 0 Å². The molecule has 1 aromatic heterocycles. The Balaban J connectivity index is 1.89. The highest BCUT2D eigenvalue weighted by atomic mass is 16.3. The fraction of sp³-hybridized carbons (Fsp3) is 0.647. The summed E-state index contributed by atoms with van der Waals surface area (Å²) in [6, 6.07) is 3.67. The third kappa shape index (κ3) is 3.00. The van der Waals surface area contributed by atoms with E-state index in [-0.39, 0.29) is 24.6 Å². The zero-order chi connectivity index (χ0) is 17.3. The van der Waals surface area contributed by atoms with E-state index in [1.165, 1.54) is 0 Å². The molecule has 0 spiro atoms.